The molecule has 1 heterocycles. The number of benzene rings is 1. The monoisotopic (exact) mass is 460 g/mol. The van der Waals surface area contributed by atoms with Gasteiger partial charge in [0, 0.05) is 39.2 Å². The Kier molecular flexibility index (Phi) is 10.4. The summed E-state index contributed by atoms with van der Waals surface area (Å²) < 4.78 is 5.48. The van der Waals surface area contributed by atoms with E-state index in [0.29, 0.717) is 12.5 Å². The maximum Gasteiger partial charge on any atom is 0.193 e. The Morgan fingerprint density at radius 3 is 2.44 bits per heavy atom. The van der Waals surface area contributed by atoms with Crippen molar-refractivity contribution in [3.63, 3.8) is 0 Å². The zero-order chi connectivity index (χ0) is 17.4. The van der Waals surface area contributed by atoms with Crippen LogP contribution in [0.25, 0.3) is 0 Å². The predicted molar refractivity (Wildman–Crippen MR) is 116 cm³/mol. The Hall–Kier alpha value is -0.860. The third-order valence-electron chi connectivity index (χ3n) is 4.19. The van der Waals surface area contributed by atoms with Crippen LogP contribution < -0.4 is 5.32 Å². The molecule has 1 aliphatic heterocycles. The minimum absolute atomic E-state index is 0. The van der Waals surface area contributed by atoms with Crippen molar-refractivity contribution < 1.29 is 4.74 Å². The molecule has 1 aromatic rings. The first kappa shape index (κ1) is 22.2. The third-order valence-corrected chi connectivity index (χ3v) is 4.19. The molecule has 1 aromatic carbocycles. The molecule has 0 aromatic heterocycles. The number of nitrogens with one attached hydrogen (secondary N) is 1. The van der Waals surface area contributed by atoms with Gasteiger partial charge in [-0.2, -0.15) is 0 Å². The molecule has 25 heavy (non-hydrogen) atoms. The Balaban J connectivity index is 0.00000312. The molecule has 0 spiro atoms. The molecule has 0 bridgehead atoms. The van der Waals surface area contributed by atoms with E-state index in [0.717, 1.165) is 45.2 Å². The van der Waals surface area contributed by atoms with Crippen molar-refractivity contribution in [2.45, 2.75) is 26.4 Å². The van der Waals surface area contributed by atoms with E-state index < -0.39 is 0 Å². The van der Waals surface area contributed by atoms with E-state index >= 15 is 0 Å². The number of ether oxygens (including phenoxy) is 1. The molecule has 0 aliphatic carbocycles. The zero-order valence-electron chi connectivity index (χ0n) is 16.0. The Morgan fingerprint density at radius 2 is 1.88 bits per heavy atom. The number of guanidine groups is 1. The summed E-state index contributed by atoms with van der Waals surface area (Å²) in [6.07, 6.45) is 1.15. The molecule has 6 heteroatoms. The van der Waals surface area contributed by atoms with E-state index in [4.69, 9.17) is 9.73 Å². The maximum absolute atomic E-state index is 5.48. The summed E-state index contributed by atoms with van der Waals surface area (Å²) in [6, 6.07) is 8.74. The SMILES string of the molecule is CCNC(=NCc1ccc(CN(C)C)cc1)N(C)CC1CCOC1.I. The van der Waals surface area contributed by atoms with Crippen LogP contribution in [0.2, 0.25) is 0 Å². The van der Waals surface area contributed by atoms with Gasteiger partial charge in [0.25, 0.3) is 0 Å². The summed E-state index contributed by atoms with van der Waals surface area (Å²) in [5.74, 6) is 1.59. The number of hydrogen-bond acceptors (Lipinski definition) is 3. The highest BCUT2D eigenvalue weighted by molar-refractivity contribution is 14.0. The standard InChI is InChI=1S/C19H32N4O.HI/c1-5-20-19(23(4)14-18-10-11-24-15-18)21-12-16-6-8-17(9-7-16)13-22(2)3;/h6-9,18H,5,10-15H2,1-4H3,(H,20,21);1H. The van der Waals surface area contributed by atoms with Crippen LogP contribution in [0.1, 0.15) is 24.5 Å². The van der Waals surface area contributed by atoms with Crippen molar-refractivity contribution in [2.75, 3.05) is 47.4 Å². The van der Waals surface area contributed by atoms with Crippen molar-refractivity contribution in [1.29, 1.82) is 0 Å². The molecular weight excluding hydrogens is 427 g/mol. The van der Waals surface area contributed by atoms with Gasteiger partial charge in [-0.1, -0.05) is 24.3 Å². The second-order valence-electron chi connectivity index (χ2n) is 6.83. The minimum atomic E-state index is 0. The second-order valence-corrected chi connectivity index (χ2v) is 6.83. The van der Waals surface area contributed by atoms with Crippen LogP contribution >= 0.6 is 24.0 Å². The number of nitrogens with zero attached hydrogens (tertiary/aromatic N) is 3. The quantitative estimate of drug-likeness (QED) is 0.386. The molecule has 1 atom stereocenters. The molecule has 1 N–H and O–H groups in total. The van der Waals surface area contributed by atoms with Gasteiger partial charge in [0.1, 0.15) is 0 Å². The van der Waals surface area contributed by atoms with E-state index in [2.05, 4.69) is 67.4 Å². The lowest BCUT2D eigenvalue weighted by Crippen LogP contribution is -2.41. The zero-order valence-corrected chi connectivity index (χ0v) is 18.3. The first-order valence-corrected chi connectivity index (χ1v) is 8.88. The minimum Gasteiger partial charge on any atom is -0.381 e. The van der Waals surface area contributed by atoms with E-state index in [9.17, 15) is 0 Å². The molecule has 0 saturated carbocycles. The van der Waals surface area contributed by atoms with Crippen LogP contribution in [0.5, 0.6) is 0 Å². The summed E-state index contributed by atoms with van der Waals surface area (Å²) >= 11 is 0. The maximum atomic E-state index is 5.48. The molecular formula is C19H33IN4O. The molecule has 1 fully saturated rings. The summed E-state index contributed by atoms with van der Waals surface area (Å²) in [5.41, 5.74) is 2.57. The molecule has 142 valence electrons. The number of aliphatic imine (C=N–C) groups is 1. The van der Waals surface area contributed by atoms with Crippen LogP contribution in [0.4, 0.5) is 0 Å². The smallest absolute Gasteiger partial charge is 0.193 e. The Bertz CT molecular complexity index is 513. The van der Waals surface area contributed by atoms with E-state index in [-0.39, 0.29) is 24.0 Å². The Labute approximate surface area is 169 Å². The van der Waals surface area contributed by atoms with Crippen LogP contribution in [-0.4, -0.2) is 63.2 Å². The van der Waals surface area contributed by atoms with Gasteiger partial charge in [0.05, 0.1) is 13.2 Å². The number of rotatable bonds is 7. The summed E-state index contributed by atoms with van der Waals surface area (Å²) in [5, 5.41) is 3.39. The summed E-state index contributed by atoms with van der Waals surface area (Å²) in [7, 11) is 6.29. The van der Waals surface area contributed by atoms with Crippen molar-refractivity contribution in [3.8, 4) is 0 Å². The van der Waals surface area contributed by atoms with E-state index in [1.807, 2.05) is 0 Å². The van der Waals surface area contributed by atoms with Crippen molar-refractivity contribution in [3.05, 3.63) is 35.4 Å². The highest BCUT2D eigenvalue weighted by atomic mass is 127. The topological polar surface area (TPSA) is 40.1 Å². The fraction of sp³-hybridized carbons (Fsp3) is 0.632. The van der Waals surface area contributed by atoms with Crippen LogP contribution in [0.3, 0.4) is 0 Å². The van der Waals surface area contributed by atoms with Gasteiger partial charge < -0.3 is 19.9 Å². The first-order chi connectivity index (χ1) is 11.6. The normalized spacial score (nSPS) is 17.5. The predicted octanol–water partition coefficient (Wildman–Crippen LogP) is 2.80. The summed E-state index contributed by atoms with van der Waals surface area (Å²) in [4.78, 5) is 9.20. The Morgan fingerprint density at radius 1 is 1.20 bits per heavy atom. The molecule has 5 nitrogen and oxygen atoms in total. The largest absolute Gasteiger partial charge is 0.381 e. The van der Waals surface area contributed by atoms with E-state index in [1.165, 1.54) is 11.1 Å². The average molecular weight is 460 g/mol. The number of halogens is 1. The van der Waals surface area contributed by atoms with Crippen LogP contribution in [0.15, 0.2) is 29.3 Å². The molecule has 1 saturated heterocycles. The van der Waals surface area contributed by atoms with Crippen molar-refractivity contribution in [2.24, 2.45) is 10.9 Å². The van der Waals surface area contributed by atoms with Gasteiger partial charge in [-0.3, -0.25) is 0 Å². The second kappa shape index (κ2) is 11.7. The van der Waals surface area contributed by atoms with Gasteiger partial charge in [0.2, 0.25) is 0 Å². The van der Waals surface area contributed by atoms with Gasteiger partial charge in [0.15, 0.2) is 5.96 Å². The van der Waals surface area contributed by atoms with Crippen molar-refractivity contribution >= 4 is 29.9 Å². The molecule has 0 radical (unpaired) electrons. The van der Waals surface area contributed by atoms with Gasteiger partial charge in [-0.25, -0.2) is 4.99 Å². The van der Waals surface area contributed by atoms with Gasteiger partial charge in [-0.05, 0) is 38.6 Å². The lowest BCUT2D eigenvalue weighted by atomic mass is 10.1. The highest BCUT2D eigenvalue weighted by Gasteiger charge is 2.18. The number of hydrogen-bond donors (Lipinski definition) is 1. The van der Waals surface area contributed by atoms with Gasteiger partial charge >= 0.3 is 0 Å². The lowest BCUT2D eigenvalue weighted by Gasteiger charge is -2.24. The fourth-order valence-electron chi connectivity index (χ4n) is 2.95. The molecule has 2 rings (SSSR count). The van der Waals surface area contributed by atoms with Gasteiger partial charge in [-0.15, -0.1) is 24.0 Å². The molecule has 1 unspecified atom stereocenters. The van der Waals surface area contributed by atoms with Crippen LogP contribution in [-0.2, 0) is 17.8 Å². The summed E-state index contributed by atoms with van der Waals surface area (Å²) in [6.45, 7) is 7.43. The fourth-order valence-corrected chi connectivity index (χ4v) is 2.95. The van der Waals surface area contributed by atoms with Crippen LogP contribution in [0, 0.1) is 5.92 Å². The third kappa shape index (κ3) is 7.92. The lowest BCUT2D eigenvalue weighted by molar-refractivity contribution is 0.181. The van der Waals surface area contributed by atoms with Crippen molar-refractivity contribution in [1.82, 2.24) is 15.1 Å². The molecule has 0 amide bonds. The first-order valence-electron chi connectivity index (χ1n) is 8.88. The highest BCUT2D eigenvalue weighted by Crippen LogP contribution is 2.13. The van der Waals surface area contributed by atoms with E-state index in [1.54, 1.807) is 0 Å². The average Bonchev–Trinajstić information content (AvgIpc) is 3.05. The molecule has 1 aliphatic rings.